The van der Waals surface area contributed by atoms with Gasteiger partial charge in [0.15, 0.2) is 0 Å². The summed E-state index contributed by atoms with van der Waals surface area (Å²) in [7, 11) is 0. The molecule has 0 aromatic rings. The normalized spacial score (nSPS) is 40.7. The summed E-state index contributed by atoms with van der Waals surface area (Å²) >= 11 is 0. The van der Waals surface area contributed by atoms with E-state index < -0.39 is 0 Å². The molecule has 174 valence electrons. The Morgan fingerprint density at radius 2 is 1.67 bits per heavy atom. The standard InChI is InChI=1S/C28H50O2/c1-19(2)9-7-10-20(3)22-13-14-24-26-23(16-18-28(22,24)6)27(4,5)17-15-21(29)11-8-12-25(26)30/h19-20,22-26,30H,7-18H2,1-6H3. The van der Waals surface area contributed by atoms with Gasteiger partial charge in [0.25, 0.3) is 0 Å². The van der Waals surface area contributed by atoms with E-state index in [9.17, 15) is 9.90 Å². The number of rotatable bonds is 5. The van der Waals surface area contributed by atoms with Gasteiger partial charge in [-0.15, -0.1) is 0 Å². The van der Waals surface area contributed by atoms with Crippen LogP contribution in [0.3, 0.4) is 0 Å². The molecule has 0 saturated heterocycles. The Morgan fingerprint density at radius 3 is 2.37 bits per heavy atom. The second kappa shape index (κ2) is 9.63. The highest BCUT2D eigenvalue weighted by Gasteiger charge is 2.58. The van der Waals surface area contributed by atoms with Gasteiger partial charge in [-0.1, -0.05) is 60.8 Å². The predicted octanol–water partition coefficient (Wildman–Crippen LogP) is 7.43. The van der Waals surface area contributed by atoms with Gasteiger partial charge in [-0.05, 0) is 91.3 Å². The first-order chi connectivity index (χ1) is 14.1. The highest BCUT2D eigenvalue weighted by Crippen LogP contribution is 2.64. The topological polar surface area (TPSA) is 37.3 Å². The first-order valence-corrected chi connectivity index (χ1v) is 13.3. The van der Waals surface area contributed by atoms with Gasteiger partial charge in [0, 0.05) is 12.8 Å². The summed E-state index contributed by atoms with van der Waals surface area (Å²) in [6.07, 6.45) is 13.2. The Hall–Kier alpha value is -0.370. The Labute approximate surface area is 187 Å². The van der Waals surface area contributed by atoms with Crippen molar-refractivity contribution in [3.05, 3.63) is 0 Å². The number of aliphatic hydroxyl groups is 1. The molecule has 3 aliphatic carbocycles. The van der Waals surface area contributed by atoms with Gasteiger partial charge in [0.1, 0.15) is 5.78 Å². The molecule has 2 nitrogen and oxygen atoms in total. The third kappa shape index (κ3) is 5.00. The fraction of sp³-hybridized carbons (Fsp3) is 0.964. The van der Waals surface area contributed by atoms with E-state index in [1.807, 2.05) is 0 Å². The van der Waals surface area contributed by atoms with Crippen molar-refractivity contribution in [1.29, 1.82) is 0 Å². The molecule has 0 heterocycles. The molecule has 7 unspecified atom stereocenters. The van der Waals surface area contributed by atoms with E-state index in [0.717, 1.165) is 43.4 Å². The number of hydrogen-bond donors (Lipinski definition) is 1. The molecular weight excluding hydrogens is 368 g/mol. The lowest BCUT2D eigenvalue weighted by atomic mass is 9.50. The molecule has 0 aromatic carbocycles. The maximum absolute atomic E-state index is 12.3. The molecule has 0 bridgehead atoms. The molecule has 2 heteroatoms. The van der Waals surface area contributed by atoms with Crippen LogP contribution in [-0.2, 0) is 4.79 Å². The summed E-state index contributed by atoms with van der Waals surface area (Å²) in [5.74, 6) is 4.50. The van der Waals surface area contributed by atoms with E-state index in [2.05, 4.69) is 41.5 Å². The number of hydrogen-bond acceptors (Lipinski definition) is 2. The maximum atomic E-state index is 12.3. The molecule has 3 aliphatic rings. The van der Waals surface area contributed by atoms with Crippen LogP contribution >= 0.6 is 0 Å². The fourth-order valence-corrected chi connectivity index (χ4v) is 8.14. The predicted molar refractivity (Wildman–Crippen MR) is 126 cm³/mol. The molecule has 3 fully saturated rings. The highest BCUT2D eigenvalue weighted by molar-refractivity contribution is 5.78. The maximum Gasteiger partial charge on any atom is 0.132 e. The van der Waals surface area contributed by atoms with Crippen molar-refractivity contribution < 1.29 is 9.90 Å². The SMILES string of the molecule is CC(C)CCCC(C)C1CCC2C3C(O)CCCC(=O)CCC(C)(C)C3CCC12C. The van der Waals surface area contributed by atoms with Crippen LogP contribution in [0.15, 0.2) is 0 Å². The van der Waals surface area contributed by atoms with Gasteiger partial charge >= 0.3 is 0 Å². The third-order valence-corrected chi connectivity index (χ3v) is 9.99. The van der Waals surface area contributed by atoms with Crippen molar-refractivity contribution in [1.82, 2.24) is 0 Å². The van der Waals surface area contributed by atoms with E-state index in [-0.39, 0.29) is 11.5 Å². The number of carbonyl (C=O) groups excluding carboxylic acids is 1. The van der Waals surface area contributed by atoms with E-state index in [1.54, 1.807) is 0 Å². The number of fused-ring (bicyclic) bond motifs is 3. The second-order valence-electron chi connectivity index (χ2n) is 12.8. The molecule has 0 aromatic heterocycles. The minimum Gasteiger partial charge on any atom is -0.393 e. The van der Waals surface area contributed by atoms with Crippen LogP contribution in [0.5, 0.6) is 0 Å². The summed E-state index contributed by atoms with van der Waals surface area (Å²) in [5.41, 5.74) is 0.552. The van der Waals surface area contributed by atoms with Crippen LogP contribution in [-0.4, -0.2) is 17.0 Å². The third-order valence-electron chi connectivity index (χ3n) is 9.99. The minimum absolute atomic E-state index is 0.154. The van der Waals surface area contributed by atoms with Crippen molar-refractivity contribution in [2.24, 2.45) is 46.3 Å². The number of carbonyl (C=O) groups is 1. The van der Waals surface area contributed by atoms with E-state index in [0.29, 0.717) is 35.4 Å². The number of aliphatic hydroxyl groups excluding tert-OH is 1. The molecule has 0 radical (unpaired) electrons. The van der Waals surface area contributed by atoms with Crippen LogP contribution in [0.1, 0.15) is 119 Å². The van der Waals surface area contributed by atoms with Crippen LogP contribution in [0.2, 0.25) is 0 Å². The molecule has 1 N–H and O–H groups in total. The molecule has 30 heavy (non-hydrogen) atoms. The Balaban J connectivity index is 1.79. The van der Waals surface area contributed by atoms with Gasteiger partial charge in [-0.3, -0.25) is 4.79 Å². The van der Waals surface area contributed by atoms with Gasteiger partial charge in [0.05, 0.1) is 6.10 Å². The van der Waals surface area contributed by atoms with Gasteiger partial charge in [-0.25, -0.2) is 0 Å². The first kappa shape index (κ1) is 24.3. The molecule has 7 atom stereocenters. The lowest BCUT2D eigenvalue weighted by Crippen LogP contribution is -2.51. The van der Waals surface area contributed by atoms with E-state index in [1.165, 1.54) is 44.9 Å². The molecule has 0 spiro atoms. The van der Waals surface area contributed by atoms with E-state index >= 15 is 0 Å². The van der Waals surface area contributed by atoms with Crippen molar-refractivity contribution in [2.75, 3.05) is 0 Å². The van der Waals surface area contributed by atoms with E-state index in [4.69, 9.17) is 0 Å². The first-order valence-electron chi connectivity index (χ1n) is 13.3. The van der Waals surface area contributed by atoms with Crippen molar-refractivity contribution >= 4 is 5.78 Å². The zero-order valence-corrected chi connectivity index (χ0v) is 20.9. The molecule has 0 amide bonds. The molecule has 0 aliphatic heterocycles. The van der Waals surface area contributed by atoms with Crippen LogP contribution < -0.4 is 0 Å². The smallest absolute Gasteiger partial charge is 0.132 e. The van der Waals surface area contributed by atoms with Crippen molar-refractivity contribution in [2.45, 2.75) is 125 Å². The minimum atomic E-state index is -0.222. The fourth-order valence-electron chi connectivity index (χ4n) is 8.14. The van der Waals surface area contributed by atoms with Crippen LogP contribution in [0.4, 0.5) is 0 Å². The zero-order valence-electron chi connectivity index (χ0n) is 20.9. The summed E-state index contributed by atoms with van der Waals surface area (Å²) in [6, 6.07) is 0. The molecule has 3 saturated carbocycles. The monoisotopic (exact) mass is 418 g/mol. The van der Waals surface area contributed by atoms with Crippen LogP contribution in [0, 0.1) is 46.3 Å². The van der Waals surface area contributed by atoms with Gasteiger partial charge < -0.3 is 5.11 Å². The van der Waals surface area contributed by atoms with Crippen LogP contribution in [0.25, 0.3) is 0 Å². The second-order valence-corrected chi connectivity index (χ2v) is 12.8. The molecule has 3 rings (SSSR count). The summed E-state index contributed by atoms with van der Waals surface area (Å²) in [4.78, 5) is 12.3. The lowest BCUT2D eigenvalue weighted by molar-refractivity contribution is -0.124. The van der Waals surface area contributed by atoms with Crippen molar-refractivity contribution in [3.63, 3.8) is 0 Å². The lowest BCUT2D eigenvalue weighted by Gasteiger charge is -2.55. The summed E-state index contributed by atoms with van der Waals surface area (Å²) in [6.45, 7) is 14.6. The average molecular weight is 419 g/mol. The van der Waals surface area contributed by atoms with Crippen molar-refractivity contribution in [3.8, 4) is 0 Å². The quantitative estimate of drug-likeness (QED) is 0.504. The zero-order chi connectivity index (χ0) is 22.1. The highest BCUT2D eigenvalue weighted by atomic mass is 16.3. The van der Waals surface area contributed by atoms with Gasteiger partial charge in [-0.2, -0.15) is 0 Å². The number of Topliss-reactive ketones (excluding diaryl/α,β-unsaturated/α-hetero) is 1. The molecular formula is C28H50O2. The number of ketones is 1. The largest absolute Gasteiger partial charge is 0.393 e. The summed E-state index contributed by atoms with van der Waals surface area (Å²) < 4.78 is 0. The Morgan fingerprint density at radius 1 is 0.933 bits per heavy atom. The summed E-state index contributed by atoms with van der Waals surface area (Å²) in [5, 5.41) is 11.4. The van der Waals surface area contributed by atoms with Gasteiger partial charge in [0.2, 0.25) is 0 Å². The average Bonchev–Trinajstić information content (AvgIpc) is 3.01. The Kier molecular flexibility index (Phi) is 7.80. The Bertz CT molecular complexity index is 579.